The number of rotatable bonds is 0. The Morgan fingerprint density at radius 1 is 1.42 bits per heavy atom. The minimum atomic E-state index is -4.79. The topological polar surface area (TPSA) is 28.7 Å². The van der Waals surface area contributed by atoms with Crippen LogP contribution in [-0.4, -0.2) is 9.97 Å². The van der Waals surface area contributed by atoms with Crippen molar-refractivity contribution in [3.63, 3.8) is 0 Å². The molecule has 1 aromatic rings. The van der Waals surface area contributed by atoms with Crippen molar-refractivity contribution in [2.45, 2.75) is 6.18 Å². The Balaban J connectivity index is 3.33. The van der Waals surface area contributed by atoms with Crippen LogP contribution in [0.2, 0.25) is 0 Å². The van der Waals surface area contributed by atoms with Crippen LogP contribution in [-0.2, 0) is 6.18 Å². The molecule has 0 fully saturated rings. The summed E-state index contributed by atoms with van der Waals surface area (Å²) in [6.45, 7) is 0. The summed E-state index contributed by atoms with van der Waals surface area (Å²) in [5, 5.41) is 0. The second kappa shape index (κ2) is 2.81. The quantitative estimate of drug-likeness (QED) is 0.511. The van der Waals surface area contributed by atoms with Gasteiger partial charge in [-0.15, -0.1) is 0 Å². The minimum Gasteiger partial charge on any atom is -0.338 e. The third kappa shape index (κ3) is 1.79. The minimum absolute atomic E-state index is 0.260. The van der Waals surface area contributed by atoms with Crippen molar-refractivity contribution in [3.8, 4) is 0 Å². The van der Waals surface area contributed by atoms with Gasteiger partial charge >= 0.3 is 6.18 Å². The Bertz CT molecular complexity index is 342. The van der Waals surface area contributed by atoms with E-state index in [1.165, 1.54) is 0 Å². The van der Waals surface area contributed by atoms with E-state index >= 15 is 0 Å². The molecule has 2 nitrogen and oxygen atoms in total. The summed E-state index contributed by atoms with van der Waals surface area (Å²) in [5.41, 5.74) is -1.55. The first kappa shape index (κ1) is 9.11. The van der Waals surface area contributed by atoms with Crippen molar-refractivity contribution in [1.82, 2.24) is 9.97 Å². The molecule has 0 bridgehead atoms. The smallest absolute Gasteiger partial charge is 0.338 e. The third-order valence-corrected chi connectivity index (χ3v) is 1.24. The predicted molar refractivity (Wildman–Crippen MR) is 34.4 cm³/mol. The molecule has 0 aliphatic carbocycles. The Morgan fingerprint density at radius 3 is 2.42 bits per heavy atom. The molecule has 1 aromatic heterocycles. The molecule has 0 aliphatic rings. The van der Waals surface area contributed by atoms with Gasteiger partial charge in [-0.25, -0.2) is 4.98 Å². The number of nitrogens with one attached hydrogen (secondary N) is 1. The van der Waals surface area contributed by atoms with Gasteiger partial charge in [-0.3, -0.25) is 0 Å². The first-order valence-electron chi connectivity index (χ1n) is 2.73. The lowest BCUT2D eigenvalue weighted by molar-refractivity contribution is -0.144. The van der Waals surface area contributed by atoms with Crippen molar-refractivity contribution >= 4 is 12.2 Å². The van der Waals surface area contributed by atoms with Crippen LogP contribution in [0.3, 0.4) is 0 Å². The Labute approximate surface area is 69.3 Å². The second-order valence-electron chi connectivity index (χ2n) is 1.91. The van der Waals surface area contributed by atoms with E-state index in [2.05, 4.69) is 17.2 Å². The summed E-state index contributed by atoms with van der Waals surface area (Å²) in [4.78, 5) is 4.49. The van der Waals surface area contributed by atoms with E-state index in [4.69, 9.17) is 0 Å². The molecule has 1 heterocycles. The molecular weight excluding hydrogens is 196 g/mol. The molecule has 0 atom stereocenters. The van der Waals surface area contributed by atoms with Gasteiger partial charge in [0.25, 0.3) is 0 Å². The fourth-order valence-corrected chi connectivity index (χ4v) is 0.729. The number of alkyl halides is 3. The molecule has 1 N–H and O–H groups in total. The molecule has 0 saturated carbocycles. The van der Waals surface area contributed by atoms with E-state index in [1.54, 1.807) is 4.98 Å². The van der Waals surface area contributed by atoms with Gasteiger partial charge in [0.15, 0.2) is 5.69 Å². The van der Waals surface area contributed by atoms with E-state index in [0.29, 0.717) is 0 Å². The van der Waals surface area contributed by atoms with Crippen molar-refractivity contribution in [1.29, 1.82) is 0 Å². The van der Waals surface area contributed by atoms with Gasteiger partial charge in [0.1, 0.15) is 4.64 Å². The molecule has 0 aliphatic heterocycles. The van der Waals surface area contributed by atoms with Gasteiger partial charge in [0, 0.05) is 0 Å². The number of hydrogen-bond acceptors (Lipinski definition) is 2. The van der Waals surface area contributed by atoms with Crippen LogP contribution in [0.15, 0.2) is 6.20 Å². The van der Waals surface area contributed by atoms with Crippen LogP contribution in [0.5, 0.6) is 0 Å². The highest BCUT2D eigenvalue weighted by Crippen LogP contribution is 2.28. The fraction of sp³-hybridized carbons (Fsp3) is 0.200. The Hall–Kier alpha value is -0.980. The predicted octanol–water partition coefficient (Wildman–Crippen LogP) is 2.30. The maximum absolute atomic E-state index is 12.4. The van der Waals surface area contributed by atoms with Gasteiger partial charge < -0.3 is 4.98 Å². The van der Waals surface area contributed by atoms with Crippen LogP contribution >= 0.6 is 12.2 Å². The van der Waals surface area contributed by atoms with Gasteiger partial charge in [-0.1, -0.05) is 12.2 Å². The zero-order chi connectivity index (χ0) is 9.35. The standard InChI is InChI=1S/C5H2F4N2S/c6-4-3(5(7,8)9)11-2(12)1-10-4/h1H,(H,11,12). The first-order chi connectivity index (χ1) is 5.41. The van der Waals surface area contributed by atoms with Gasteiger partial charge in [0.05, 0.1) is 6.20 Å². The molecular formula is C5H2F4N2S. The maximum atomic E-state index is 12.4. The fourth-order valence-electron chi connectivity index (χ4n) is 0.575. The highest BCUT2D eigenvalue weighted by atomic mass is 32.1. The number of halogens is 4. The lowest BCUT2D eigenvalue weighted by atomic mass is 10.4. The first-order valence-corrected chi connectivity index (χ1v) is 3.14. The lowest BCUT2D eigenvalue weighted by Gasteiger charge is -2.05. The van der Waals surface area contributed by atoms with E-state index in [9.17, 15) is 17.6 Å². The van der Waals surface area contributed by atoms with E-state index in [0.717, 1.165) is 6.20 Å². The molecule has 12 heavy (non-hydrogen) atoms. The average Bonchev–Trinajstić information content (AvgIpc) is 1.92. The molecule has 0 amide bonds. The van der Waals surface area contributed by atoms with Crippen LogP contribution in [0.1, 0.15) is 5.69 Å². The van der Waals surface area contributed by atoms with Crippen LogP contribution < -0.4 is 0 Å². The largest absolute Gasteiger partial charge is 0.435 e. The average molecular weight is 198 g/mol. The number of hydrogen-bond donors (Lipinski definition) is 1. The summed E-state index contributed by atoms with van der Waals surface area (Å²) < 4.78 is 47.7. The number of H-pyrrole nitrogens is 1. The third-order valence-electron chi connectivity index (χ3n) is 1.03. The summed E-state index contributed by atoms with van der Waals surface area (Å²) in [6, 6.07) is 0. The van der Waals surface area contributed by atoms with Crippen molar-refractivity contribution in [2.75, 3.05) is 0 Å². The molecule has 0 spiro atoms. The van der Waals surface area contributed by atoms with Gasteiger partial charge in [-0.05, 0) is 0 Å². The Kier molecular flexibility index (Phi) is 2.14. The zero-order valence-corrected chi connectivity index (χ0v) is 6.26. The normalized spacial score (nSPS) is 11.7. The number of nitrogens with zero attached hydrogens (tertiary/aromatic N) is 1. The molecule has 0 radical (unpaired) electrons. The zero-order valence-electron chi connectivity index (χ0n) is 5.44. The summed E-state index contributed by atoms with van der Waals surface area (Å²) in [6.07, 6.45) is -3.98. The molecule has 0 unspecified atom stereocenters. The molecule has 0 saturated heterocycles. The van der Waals surface area contributed by atoms with Gasteiger partial charge in [0.2, 0.25) is 5.95 Å². The second-order valence-corrected chi connectivity index (χ2v) is 2.35. The summed E-state index contributed by atoms with van der Waals surface area (Å²) >= 11 is 4.34. The van der Waals surface area contributed by atoms with Crippen LogP contribution in [0, 0.1) is 10.6 Å². The molecule has 66 valence electrons. The molecule has 7 heteroatoms. The lowest BCUT2D eigenvalue weighted by Crippen LogP contribution is -2.12. The van der Waals surface area contributed by atoms with Crippen molar-refractivity contribution in [3.05, 3.63) is 22.5 Å². The maximum Gasteiger partial charge on any atom is 0.435 e. The monoisotopic (exact) mass is 198 g/mol. The SMILES string of the molecule is Fc1ncc(=S)[nH]c1C(F)(F)F. The van der Waals surface area contributed by atoms with Crippen LogP contribution in [0.4, 0.5) is 17.6 Å². The summed E-state index contributed by atoms with van der Waals surface area (Å²) in [7, 11) is 0. The summed E-state index contributed by atoms with van der Waals surface area (Å²) in [5.74, 6) is -1.60. The number of aromatic nitrogens is 2. The van der Waals surface area contributed by atoms with Crippen molar-refractivity contribution in [2.24, 2.45) is 0 Å². The van der Waals surface area contributed by atoms with Crippen LogP contribution in [0.25, 0.3) is 0 Å². The Morgan fingerprint density at radius 2 is 2.00 bits per heavy atom. The van der Waals surface area contributed by atoms with E-state index in [-0.39, 0.29) is 4.64 Å². The molecule has 0 aromatic carbocycles. The van der Waals surface area contributed by atoms with E-state index in [1.807, 2.05) is 0 Å². The van der Waals surface area contributed by atoms with Crippen molar-refractivity contribution < 1.29 is 17.6 Å². The molecule has 1 rings (SSSR count). The highest BCUT2D eigenvalue weighted by molar-refractivity contribution is 7.71. The number of aromatic amines is 1. The van der Waals surface area contributed by atoms with E-state index < -0.39 is 17.8 Å². The highest BCUT2D eigenvalue weighted by Gasteiger charge is 2.35. The van der Waals surface area contributed by atoms with Gasteiger partial charge in [-0.2, -0.15) is 17.6 Å².